The Morgan fingerprint density at radius 3 is 2.60 bits per heavy atom. The Bertz CT molecular complexity index is 1320. The van der Waals surface area contributed by atoms with Crippen molar-refractivity contribution >= 4 is 23.2 Å². The zero-order valence-electron chi connectivity index (χ0n) is 22.5. The molecule has 1 amide bonds. The molecular weight excluding hydrogens is 537 g/mol. The summed E-state index contributed by atoms with van der Waals surface area (Å²) in [5.74, 6) is -0.241. The van der Waals surface area contributed by atoms with Gasteiger partial charge in [0.25, 0.3) is 0 Å². The fraction of sp³-hybridized carbons (Fsp3) is 0.379. The molecule has 1 atom stereocenters. The van der Waals surface area contributed by atoms with Gasteiger partial charge in [0.05, 0.1) is 29.9 Å². The molecule has 1 unspecified atom stereocenters. The predicted octanol–water partition coefficient (Wildman–Crippen LogP) is 5.05. The first kappa shape index (κ1) is 30.6. The Kier molecular flexibility index (Phi) is 11.1. The molecule has 2 N–H and O–H groups in total. The van der Waals surface area contributed by atoms with E-state index >= 15 is 0 Å². The summed E-state index contributed by atoms with van der Waals surface area (Å²) in [6, 6.07) is 14.3. The van der Waals surface area contributed by atoms with Gasteiger partial charge in [-0.15, -0.1) is 0 Å². The van der Waals surface area contributed by atoms with Gasteiger partial charge in [-0.05, 0) is 54.9 Å². The van der Waals surface area contributed by atoms with Crippen molar-refractivity contribution in [2.45, 2.75) is 58.4 Å². The Morgan fingerprint density at radius 2 is 1.93 bits per heavy atom. The van der Waals surface area contributed by atoms with E-state index in [1.165, 1.54) is 12.1 Å². The van der Waals surface area contributed by atoms with E-state index in [-0.39, 0.29) is 31.0 Å². The van der Waals surface area contributed by atoms with E-state index in [9.17, 15) is 18.0 Å². The summed E-state index contributed by atoms with van der Waals surface area (Å²) in [6.45, 7) is 5.11. The van der Waals surface area contributed by atoms with Gasteiger partial charge in [0.2, 0.25) is 5.91 Å². The van der Waals surface area contributed by atoms with Crippen molar-refractivity contribution < 1.29 is 18.0 Å². The zero-order chi connectivity index (χ0) is 29.1. The van der Waals surface area contributed by atoms with E-state index in [2.05, 4.69) is 21.7 Å². The molecule has 3 rings (SSSR count). The molecule has 2 aromatic carbocycles. The monoisotopic (exact) mass is 570 g/mol. The molecule has 0 saturated heterocycles. The Labute approximate surface area is 238 Å². The molecule has 0 bridgehead atoms. The number of thiocarbonyl (C=S) groups is 1. The standard InChI is InChI=1S/C29H33F3N6OS/c1-3-4-13-35-28(40)37(19-24-7-5-6-8-26(24)29(30,31)32)17-21(2)36-27(39)14-25-16-34-20-38(25)18-23-11-9-22(15-33)10-12-23/h5-12,16,20-21H,3-4,13-14,17-19H2,1-2H3,(H,35,40)(H,36,39). The van der Waals surface area contributed by atoms with E-state index in [4.69, 9.17) is 17.5 Å². The molecule has 40 heavy (non-hydrogen) atoms. The highest BCUT2D eigenvalue weighted by Gasteiger charge is 2.33. The summed E-state index contributed by atoms with van der Waals surface area (Å²) >= 11 is 5.54. The van der Waals surface area contributed by atoms with Crippen molar-refractivity contribution in [1.29, 1.82) is 5.26 Å². The van der Waals surface area contributed by atoms with E-state index < -0.39 is 17.8 Å². The number of aromatic nitrogens is 2. The van der Waals surface area contributed by atoms with Crippen LogP contribution in [0.4, 0.5) is 13.2 Å². The van der Waals surface area contributed by atoms with Crippen LogP contribution in [0.5, 0.6) is 0 Å². The van der Waals surface area contributed by atoms with Gasteiger partial charge < -0.3 is 20.1 Å². The molecule has 212 valence electrons. The molecule has 0 spiro atoms. The summed E-state index contributed by atoms with van der Waals surface area (Å²) < 4.78 is 42.7. The van der Waals surface area contributed by atoms with Crippen molar-refractivity contribution in [2.75, 3.05) is 13.1 Å². The minimum atomic E-state index is -4.49. The maximum absolute atomic E-state index is 13.6. The molecule has 7 nitrogen and oxygen atoms in total. The van der Waals surface area contributed by atoms with Gasteiger partial charge in [0.1, 0.15) is 0 Å². The second kappa shape index (κ2) is 14.5. The first-order chi connectivity index (χ1) is 19.1. The van der Waals surface area contributed by atoms with E-state index in [1.807, 2.05) is 23.6 Å². The number of carbonyl (C=O) groups is 1. The topological polar surface area (TPSA) is 86.0 Å². The third-order valence-electron chi connectivity index (χ3n) is 6.26. The fourth-order valence-corrected chi connectivity index (χ4v) is 4.47. The molecule has 0 saturated carbocycles. The van der Waals surface area contributed by atoms with Crippen LogP contribution in [-0.4, -0.2) is 44.6 Å². The van der Waals surface area contributed by atoms with Crippen LogP contribution in [-0.2, 0) is 30.5 Å². The van der Waals surface area contributed by atoms with Crippen molar-refractivity contribution in [3.63, 3.8) is 0 Å². The van der Waals surface area contributed by atoms with Crippen molar-refractivity contribution in [3.8, 4) is 6.07 Å². The molecule has 3 aromatic rings. The Hall–Kier alpha value is -3.91. The van der Waals surface area contributed by atoms with Gasteiger partial charge in [-0.25, -0.2) is 4.98 Å². The van der Waals surface area contributed by atoms with Crippen LogP contribution in [0.25, 0.3) is 0 Å². The predicted molar refractivity (Wildman–Crippen MR) is 151 cm³/mol. The summed E-state index contributed by atoms with van der Waals surface area (Å²) in [4.78, 5) is 18.7. The molecule has 0 fully saturated rings. The number of carbonyl (C=O) groups excluding carboxylic acids is 1. The third kappa shape index (κ3) is 9.09. The molecule has 0 aliphatic heterocycles. The lowest BCUT2D eigenvalue weighted by molar-refractivity contribution is -0.138. The van der Waals surface area contributed by atoms with Gasteiger partial charge >= 0.3 is 6.18 Å². The zero-order valence-corrected chi connectivity index (χ0v) is 23.4. The molecular formula is C29H33F3N6OS. The van der Waals surface area contributed by atoms with Crippen LogP contribution in [0.3, 0.4) is 0 Å². The summed E-state index contributed by atoms with van der Waals surface area (Å²) in [5, 5.41) is 15.4. The lowest BCUT2D eigenvalue weighted by atomic mass is 10.1. The maximum atomic E-state index is 13.6. The number of unbranched alkanes of at least 4 members (excludes halogenated alkanes) is 1. The lowest BCUT2D eigenvalue weighted by Gasteiger charge is -2.30. The number of alkyl halides is 3. The van der Waals surface area contributed by atoms with Crippen LogP contribution >= 0.6 is 12.2 Å². The maximum Gasteiger partial charge on any atom is 0.416 e. The minimum Gasteiger partial charge on any atom is -0.363 e. The van der Waals surface area contributed by atoms with Gasteiger partial charge in [0, 0.05) is 44.1 Å². The number of hydrogen-bond donors (Lipinski definition) is 2. The van der Waals surface area contributed by atoms with E-state index in [0.29, 0.717) is 29.5 Å². The number of amides is 1. The third-order valence-corrected chi connectivity index (χ3v) is 6.66. The summed E-state index contributed by atoms with van der Waals surface area (Å²) in [5.41, 5.74) is 1.65. The quantitative estimate of drug-likeness (QED) is 0.234. The van der Waals surface area contributed by atoms with Gasteiger partial charge in [-0.1, -0.05) is 43.7 Å². The molecule has 0 aliphatic rings. The lowest BCUT2D eigenvalue weighted by Crippen LogP contribution is -2.48. The molecule has 1 heterocycles. The van der Waals surface area contributed by atoms with Crippen LogP contribution in [0, 0.1) is 11.3 Å². The highest BCUT2D eigenvalue weighted by atomic mass is 32.1. The van der Waals surface area contributed by atoms with Crippen molar-refractivity contribution in [1.82, 2.24) is 25.1 Å². The molecule has 0 aliphatic carbocycles. The highest BCUT2D eigenvalue weighted by molar-refractivity contribution is 7.80. The average Bonchev–Trinajstić information content (AvgIpc) is 3.34. The number of nitrogens with one attached hydrogen (secondary N) is 2. The van der Waals surface area contributed by atoms with Crippen LogP contribution in [0.2, 0.25) is 0 Å². The smallest absolute Gasteiger partial charge is 0.363 e. The SMILES string of the molecule is CCCCNC(=S)N(Cc1ccccc1C(F)(F)F)CC(C)NC(=O)Cc1cncn1Cc1ccc(C#N)cc1. The average molecular weight is 571 g/mol. The number of imidazole rings is 1. The number of benzene rings is 2. The first-order valence-electron chi connectivity index (χ1n) is 13.1. The van der Waals surface area contributed by atoms with Crippen molar-refractivity contribution in [2.24, 2.45) is 0 Å². The second-order valence-corrected chi connectivity index (χ2v) is 9.97. The van der Waals surface area contributed by atoms with Gasteiger partial charge in [-0.2, -0.15) is 18.4 Å². The number of rotatable bonds is 12. The van der Waals surface area contributed by atoms with Crippen LogP contribution in [0.1, 0.15) is 54.6 Å². The number of hydrogen-bond acceptors (Lipinski definition) is 4. The van der Waals surface area contributed by atoms with Gasteiger partial charge in [0.15, 0.2) is 5.11 Å². The minimum absolute atomic E-state index is 0.0504. The first-order valence-corrected chi connectivity index (χ1v) is 13.5. The summed E-state index contributed by atoms with van der Waals surface area (Å²) in [7, 11) is 0. The second-order valence-electron chi connectivity index (χ2n) is 9.59. The molecule has 0 radical (unpaired) electrons. The molecule has 1 aromatic heterocycles. The van der Waals surface area contributed by atoms with Crippen LogP contribution in [0.15, 0.2) is 61.1 Å². The number of nitrogens with zero attached hydrogens (tertiary/aromatic N) is 4. The fourth-order valence-electron chi connectivity index (χ4n) is 4.23. The summed E-state index contributed by atoms with van der Waals surface area (Å²) in [6.07, 6.45) is 0.679. The normalized spacial score (nSPS) is 11.9. The van der Waals surface area contributed by atoms with Gasteiger partial charge in [-0.3, -0.25) is 4.79 Å². The molecule has 11 heteroatoms. The van der Waals surface area contributed by atoms with E-state index in [0.717, 1.165) is 24.5 Å². The van der Waals surface area contributed by atoms with Crippen LogP contribution < -0.4 is 10.6 Å². The number of nitriles is 1. The largest absolute Gasteiger partial charge is 0.416 e. The Balaban J connectivity index is 1.66. The van der Waals surface area contributed by atoms with Crippen molar-refractivity contribution in [3.05, 3.63) is 89.0 Å². The number of halogens is 3. The Morgan fingerprint density at radius 1 is 1.20 bits per heavy atom. The van der Waals surface area contributed by atoms with E-state index in [1.54, 1.807) is 42.5 Å². The highest BCUT2D eigenvalue weighted by Crippen LogP contribution is 2.32.